The van der Waals surface area contributed by atoms with Gasteiger partial charge in [0.2, 0.25) is 0 Å². The highest BCUT2D eigenvalue weighted by Gasteiger charge is 2.21. The number of ether oxygens (including phenoxy) is 1. The Labute approximate surface area is 109 Å². The second-order valence-electron chi connectivity index (χ2n) is 6.15. The van der Waals surface area contributed by atoms with Crippen molar-refractivity contribution < 1.29 is 9.53 Å². The first-order valence-corrected chi connectivity index (χ1v) is 6.74. The molecule has 2 heteroatoms. The fraction of sp³-hybridized carbons (Fsp3) is 0.562. The number of rotatable bonds is 2. The van der Waals surface area contributed by atoms with Crippen molar-refractivity contribution >= 4 is 5.78 Å². The van der Waals surface area contributed by atoms with E-state index in [0.29, 0.717) is 12.2 Å². The topological polar surface area (TPSA) is 26.3 Å². The van der Waals surface area contributed by atoms with E-state index in [0.717, 1.165) is 25.0 Å². The Balaban J connectivity index is 2.07. The minimum absolute atomic E-state index is 0.0708. The highest BCUT2D eigenvalue weighted by molar-refractivity contribution is 5.79. The fourth-order valence-corrected chi connectivity index (χ4v) is 2.31. The van der Waals surface area contributed by atoms with Crippen LogP contribution in [0.4, 0.5) is 0 Å². The third-order valence-corrected chi connectivity index (χ3v) is 3.44. The van der Waals surface area contributed by atoms with Crippen LogP contribution in [-0.4, -0.2) is 11.9 Å². The first kappa shape index (κ1) is 13.1. The van der Waals surface area contributed by atoms with Crippen LogP contribution in [0.2, 0.25) is 0 Å². The molecule has 1 atom stereocenters. The molecule has 2 rings (SSSR count). The summed E-state index contributed by atoms with van der Waals surface area (Å²) in [6, 6.07) is 8.23. The molecule has 98 valence electrons. The van der Waals surface area contributed by atoms with Gasteiger partial charge in [0.05, 0.1) is 0 Å². The first-order chi connectivity index (χ1) is 8.45. The first-order valence-electron chi connectivity index (χ1n) is 6.74. The Hall–Kier alpha value is -1.31. The third kappa shape index (κ3) is 3.34. The van der Waals surface area contributed by atoms with E-state index in [1.165, 1.54) is 5.56 Å². The van der Waals surface area contributed by atoms with Gasteiger partial charge in [0.25, 0.3) is 0 Å². The summed E-state index contributed by atoms with van der Waals surface area (Å²) in [5.74, 6) is 1.22. The lowest BCUT2D eigenvalue weighted by Crippen LogP contribution is -2.25. The lowest BCUT2D eigenvalue weighted by atomic mass is 9.87. The second-order valence-corrected chi connectivity index (χ2v) is 6.15. The Bertz CT molecular complexity index is 429. The molecule has 0 heterocycles. The molecule has 1 aromatic carbocycles. The molecule has 0 spiro atoms. The lowest BCUT2D eigenvalue weighted by molar-refractivity contribution is -0.122. The fourth-order valence-electron chi connectivity index (χ4n) is 2.31. The highest BCUT2D eigenvalue weighted by atomic mass is 16.5. The van der Waals surface area contributed by atoms with Gasteiger partial charge in [-0.25, -0.2) is 0 Å². The molecular weight excluding hydrogens is 224 g/mol. The summed E-state index contributed by atoms with van der Waals surface area (Å²) >= 11 is 0. The average molecular weight is 246 g/mol. The molecule has 0 N–H and O–H groups in total. The number of hydrogen-bond donors (Lipinski definition) is 0. The van der Waals surface area contributed by atoms with Crippen LogP contribution in [0.5, 0.6) is 5.75 Å². The van der Waals surface area contributed by atoms with Crippen molar-refractivity contribution in [2.75, 3.05) is 0 Å². The summed E-state index contributed by atoms with van der Waals surface area (Å²) in [6.45, 7) is 6.57. The lowest BCUT2D eigenvalue weighted by Gasteiger charge is -2.24. The molecule has 1 fully saturated rings. The van der Waals surface area contributed by atoms with Crippen LogP contribution < -0.4 is 4.74 Å². The van der Waals surface area contributed by atoms with Crippen LogP contribution in [0.15, 0.2) is 24.3 Å². The van der Waals surface area contributed by atoms with Crippen molar-refractivity contribution in [3.63, 3.8) is 0 Å². The predicted molar refractivity (Wildman–Crippen MR) is 73.0 cm³/mol. The maximum absolute atomic E-state index is 11.4. The van der Waals surface area contributed by atoms with E-state index >= 15 is 0 Å². The van der Waals surface area contributed by atoms with E-state index in [2.05, 4.69) is 32.9 Å². The Morgan fingerprint density at radius 1 is 1.28 bits per heavy atom. The Kier molecular flexibility index (Phi) is 3.74. The number of hydrogen-bond acceptors (Lipinski definition) is 2. The summed E-state index contributed by atoms with van der Waals surface area (Å²) in [5, 5.41) is 0. The van der Waals surface area contributed by atoms with Crippen LogP contribution in [0, 0.1) is 0 Å². The zero-order valence-corrected chi connectivity index (χ0v) is 11.5. The number of ketones is 1. The van der Waals surface area contributed by atoms with Crippen LogP contribution in [-0.2, 0) is 10.2 Å². The number of carbonyl (C=O) groups is 1. The molecule has 0 amide bonds. The van der Waals surface area contributed by atoms with Crippen LogP contribution in [0.1, 0.15) is 52.0 Å². The van der Waals surface area contributed by atoms with Crippen molar-refractivity contribution in [3.05, 3.63) is 29.8 Å². The van der Waals surface area contributed by atoms with Gasteiger partial charge in [0.15, 0.2) is 0 Å². The molecule has 1 saturated carbocycles. The van der Waals surface area contributed by atoms with E-state index in [1.54, 1.807) is 0 Å². The van der Waals surface area contributed by atoms with Gasteiger partial charge in [-0.1, -0.05) is 32.9 Å². The number of carbonyl (C=O) groups excluding carboxylic acids is 1. The number of benzene rings is 1. The van der Waals surface area contributed by atoms with E-state index in [1.807, 2.05) is 12.1 Å². The normalized spacial score (nSPS) is 20.8. The number of Topliss-reactive ketones (excluding diaryl/α,β-unsaturated/α-hetero) is 1. The van der Waals surface area contributed by atoms with Gasteiger partial charge in [-0.2, -0.15) is 0 Å². The quantitative estimate of drug-likeness (QED) is 0.791. The van der Waals surface area contributed by atoms with Crippen LogP contribution >= 0.6 is 0 Å². The van der Waals surface area contributed by atoms with E-state index < -0.39 is 0 Å². The zero-order valence-electron chi connectivity index (χ0n) is 11.5. The molecular formula is C16H22O2. The highest BCUT2D eigenvalue weighted by Crippen LogP contribution is 2.27. The molecule has 0 bridgehead atoms. The minimum atomic E-state index is 0.0708. The summed E-state index contributed by atoms with van der Waals surface area (Å²) in [6.07, 6.45) is 3.32. The monoisotopic (exact) mass is 246 g/mol. The molecule has 0 saturated heterocycles. The molecule has 0 aliphatic heterocycles. The standard InChI is InChI=1S/C16H22O2/c1-16(2,3)12-6-4-8-14(10-12)18-15-9-5-7-13(17)11-15/h4,6,8,10,15H,5,7,9,11H2,1-3H3. The van der Waals surface area contributed by atoms with Crippen molar-refractivity contribution in [2.24, 2.45) is 0 Å². The molecule has 1 aliphatic rings. The van der Waals surface area contributed by atoms with E-state index in [4.69, 9.17) is 4.74 Å². The van der Waals surface area contributed by atoms with Gasteiger partial charge in [-0.15, -0.1) is 0 Å². The van der Waals surface area contributed by atoms with Crippen molar-refractivity contribution in [1.29, 1.82) is 0 Å². The molecule has 1 unspecified atom stereocenters. The molecule has 1 aliphatic carbocycles. The van der Waals surface area contributed by atoms with Gasteiger partial charge < -0.3 is 4.74 Å². The van der Waals surface area contributed by atoms with E-state index in [-0.39, 0.29) is 11.5 Å². The van der Waals surface area contributed by atoms with Gasteiger partial charge in [-0.05, 0) is 36.0 Å². The molecule has 18 heavy (non-hydrogen) atoms. The van der Waals surface area contributed by atoms with Gasteiger partial charge >= 0.3 is 0 Å². The predicted octanol–water partition coefficient (Wildman–Crippen LogP) is 3.87. The van der Waals surface area contributed by atoms with Crippen molar-refractivity contribution in [3.8, 4) is 5.75 Å². The van der Waals surface area contributed by atoms with Gasteiger partial charge in [-0.3, -0.25) is 4.79 Å². The summed E-state index contributed by atoms with van der Waals surface area (Å²) in [4.78, 5) is 11.4. The van der Waals surface area contributed by atoms with Gasteiger partial charge in [0.1, 0.15) is 17.6 Å². The summed E-state index contributed by atoms with van der Waals surface area (Å²) in [5.41, 5.74) is 1.39. The SMILES string of the molecule is CC(C)(C)c1cccc(OC2CCCC(=O)C2)c1. The Morgan fingerprint density at radius 2 is 2.06 bits per heavy atom. The van der Waals surface area contributed by atoms with Crippen LogP contribution in [0.25, 0.3) is 0 Å². The maximum atomic E-state index is 11.4. The second kappa shape index (κ2) is 5.13. The van der Waals surface area contributed by atoms with Gasteiger partial charge in [0, 0.05) is 12.8 Å². The third-order valence-electron chi connectivity index (χ3n) is 3.44. The van der Waals surface area contributed by atoms with E-state index in [9.17, 15) is 4.79 Å². The molecule has 1 aromatic rings. The summed E-state index contributed by atoms with van der Waals surface area (Å²) in [7, 11) is 0. The average Bonchev–Trinajstić information content (AvgIpc) is 2.28. The van der Waals surface area contributed by atoms with Crippen molar-refractivity contribution in [2.45, 2.75) is 58.0 Å². The zero-order chi connectivity index (χ0) is 13.2. The smallest absolute Gasteiger partial charge is 0.136 e. The maximum Gasteiger partial charge on any atom is 0.136 e. The Morgan fingerprint density at radius 3 is 2.72 bits per heavy atom. The van der Waals surface area contributed by atoms with Crippen molar-refractivity contribution in [1.82, 2.24) is 0 Å². The molecule has 0 aromatic heterocycles. The minimum Gasteiger partial charge on any atom is -0.490 e. The molecule has 2 nitrogen and oxygen atoms in total. The molecule has 0 radical (unpaired) electrons. The summed E-state index contributed by atoms with van der Waals surface area (Å²) < 4.78 is 5.94. The van der Waals surface area contributed by atoms with Crippen LogP contribution in [0.3, 0.4) is 0 Å². The largest absolute Gasteiger partial charge is 0.490 e.